The van der Waals surface area contributed by atoms with Gasteiger partial charge < -0.3 is 4.90 Å². The molecule has 0 aromatic carbocycles. The third-order valence-electron chi connectivity index (χ3n) is 4.97. The van der Waals surface area contributed by atoms with Crippen LogP contribution in [0.2, 0.25) is 0 Å². The molecule has 0 spiro atoms. The van der Waals surface area contributed by atoms with Gasteiger partial charge in [0.15, 0.2) is 0 Å². The summed E-state index contributed by atoms with van der Waals surface area (Å²) < 4.78 is 0. The van der Waals surface area contributed by atoms with Crippen LogP contribution in [0.25, 0.3) is 0 Å². The van der Waals surface area contributed by atoms with Crippen molar-refractivity contribution >= 4 is 5.97 Å². The lowest BCUT2D eigenvalue weighted by molar-refractivity contribution is -0.272. The maximum absolute atomic E-state index is 11.5. The van der Waals surface area contributed by atoms with Crippen molar-refractivity contribution in [3.05, 3.63) is 0 Å². The highest BCUT2D eigenvalue weighted by Gasteiger charge is 2.04. The number of carbonyl (C=O) groups is 1. The van der Waals surface area contributed by atoms with E-state index in [1.165, 1.54) is 77.0 Å². The minimum Gasteiger partial charge on any atom is -0.309 e. The zero-order chi connectivity index (χ0) is 20.0. The number of rotatable bonds is 21. The summed E-state index contributed by atoms with van der Waals surface area (Å²) in [6, 6.07) is 0. The van der Waals surface area contributed by atoms with Crippen molar-refractivity contribution in [3.8, 4) is 0 Å². The van der Waals surface area contributed by atoms with Gasteiger partial charge in [-0.3, -0.25) is 4.89 Å². The molecule has 0 aliphatic rings. The molecule has 0 atom stereocenters. The van der Waals surface area contributed by atoms with Crippen LogP contribution >= 0.6 is 0 Å². The van der Waals surface area contributed by atoms with E-state index in [0.717, 1.165) is 32.2 Å². The second-order valence-corrected chi connectivity index (χ2v) is 8.13. The second-order valence-electron chi connectivity index (χ2n) is 8.13. The number of unbranched alkanes of at least 4 members (excludes halogenated alkanes) is 14. The van der Waals surface area contributed by atoms with Crippen LogP contribution in [0, 0.1) is 0 Å². The molecule has 0 bridgehead atoms. The molecule has 0 aliphatic heterocycles. The molecule has 0 saturated carbocycles. The van der Waals surface area contributed by atoms with Crippen LogP contribution < -0.4 is 0 Å². The summed E-state index contributed by atoms with van der Waals surface area (Å²) in [4.78, 5) is 23.4. The van der Waals surface area contributed by atoms with Crippen molar-refractivity contribution in [3.63, 3.8) is 0 Å². The lowest BCUT2D eigenvalue weighted by Crippen LogP contribution is -2.13. The zero-order valence-electron chi connectivity index (χ0n) is 18.6. The SMILES string of the molecule is CCCCCCCCCCCCCCCCOOC(=O)CCCCN(C)C. The van der Waals surface area contributed by atoms with E-state index in [4.69, 9.17) is 9.78 Å². The molecule has 0 heterocycles. The lowest BCUT2D eigenvalue weighted by Gasteiger charge is -2.08. The molecule has 0 fully saturated rings. The van der Waals surface area contributed by atoms with E-state index in [9.17, 15) is 4.79 Å². The molecule has 4 nitrogen and oxygen atoms in total. The Bertz CT molecular complexity index is 308. The average molecular weight is 386 g/mol. The number of hydrogen-bond donors (Lipinski definition) is 0. The minimum absolute atomic E-state index is 0.237. The first-order valence-electron chi connectivity index (χ1n) is 11.6. The molecule has 0 aromatic heterocycles. The minimum atomic E-state index is -0.237. The highest BCUT2D eigenvalue weighted by Crippen LogP contribution is 2.13. The smallest absolute Gasteiger partial charge is 0.309 e. The van der Waals surface area contributed by atoms with Crippen LogP contribution in [-0.2, 0) is 14.6 Å². The van der Waals surface area contributed by atoms with Crippen LogP contribution in [0.15, 0.2) is 0 Å². The molecule has 0 aliphatic carbocycles. The summed E-state index contributed by atoms with van der Waals surface area (Å²) in [5, 5.41) is 0. The molecule has 162 valence electrons. The molecule has 0 amide bonds. The van der Waals surface area contributed by atoms with Gasteiger partial charge in [0.25, 0.3) is 0 Å². The number of hydrogen-bond acceptors (Lipinski definition) is 4. The van der Waals surface area contributed by atoms with Gasteiger partial charge in [-0.05, 0) is 39.9 Å². The highest BCUT2D eigenvalue weighted by atomic mass is 17.2. The molecule has 0 N–H and O–H groups in total. The largest absolute Gasteiger partial charge is 0.342 e. The van der Waals surface area contributed by atoms with Gasteiger partial charge >= 0.3 is 5.97 Å². The van der Waals surface area contributed by atoms with Crippen LogP contribution in [0.3, 0.4) is 0 Å². The Labute approximate surface area is 169 Å². The lowest BCUT2D eigenvalue weighted by atomic mass is 10.0. The van der Waals surface area contributed by atoms with Crippen LogP contribution in [0.1, 0.15) is 116 Å². The van der Waals surface area contributed by atoms with Gasteiger partial charge in [0.1, 0.15) is 0 Å². The van der Waals surface area contributed by atoms with E-state index in [0.29, 0.717) is 13.0 Å². The fourth-order valence-corrected chi connectivity index (χ4v) is 3.20. The van der Waals surface area contributed by atoms with E-state index in [-0.39, 0.29) is 5.97 Å². The third-order valence-corrected chi connectivity index (χ3v) is 4.97. The van der Waals surface area contributed by atoms with Gasteiger partial charge in [0.2, 0.25) is 0 Å². The van der Waals surface area contributed by atoms with Crippen molar-refractivity contribution < 1.29 is 14.6 Å². The topological polar surface area (TPSA) is 38.8 Å². The summed E-state index contributed by atoms with van der Waals surface area (Å²) in [5.41, 5.74) is 0. The summed E-state index contributed by atoms with van der Waals surface area (Å²) in [5.74, 6) is -0.237. The van der Waals surface area contributed by atoms with E-state index in [1.54, 1.807) is 0 Å². The Morgan fingerprint density at radius 1 is 0.667 bits per heavy atom. The molecule has 0 saturated heterocycles. The van der Waals surface area contributed by atoms with Crippen molar-refractivity contribution in [2.45, 2.75) is 116 Å². The molecular weight excluding hydrogens is 338 g/mol. The van der Waals surface area contributed by atoms with Gasteiger partial charge in [-0.15, -0.1) is 0 Å². The molecule has 4 heteroatoms. The van der Waals surface area contributed by atoms with Crippen LogP contribution in [-0.4, -0.2) is 38.1 Å². The predicted molar refractivity (Wildman–Crippen MR) is 115 cm³/mol. The molecule has 0 radical (unpaired) electrons. The fraction of sp³-hybridized carbons (Fsp3) is 0.957. The molecule has 27 heavy (non-hydrogen) atoms. The Kier molecular flexibility index (Phi) is 21.2. The number of carbonyl (C=O) groups excluding carboxylic acids is 1. The maximum Gasteiger partial charge on any atom is 0.342 e. The van der Waals surface area contributed by atoms with Gasteiger partial charge in [-0.25, -0.2) is 4.79 Å². The Hall–Kier alpha value is -0.610. The molecule has 0 unspecified atom stereocenters. The Balaban J connectivity index is 3.11. The third kappa shape index (κ3) is 23.4. The zero-order valence-corrected chi connectivity index (χ0v) is 18.6. The Morgan fingerprint density at radius 2 is 1.15 bits per heavy atom. The van der Waals surface area contributed by atoms with Crippen molar-refractivity contribution in [2.24, 2.45) is 0 Å². The van der Waals surface area contributed by atoms with Crippen LogP contribution in [0.5, 0.6) is 0 Å². The second kappa shape index (κ2) is 21.7. The Morgan fingerprint density at radius 3 is 1.63 bits per heavy atom. The summed E-state index contributed by atoms with van der Waals surface area (Å²) in [6.07, 6.45) is 21.1. The quantitative estimate of drug-likeness (QED) is 0.126. The van der Waals surface area contributed by atoms with Crippen LogP contribution in [0.4, 0.5) is 0 Å². The highest BCUT2D eigenvalue weighted by molar-refractivity contribution is 5.68. The van der Waals surface area contributed by atoms with E-state index < -0.39 is 0 Å². The summed E-state index contributed by atoms with van der Waals surface area (Å²) >= 11 is 0. The normalized spacial score (nSPS) is 11.3. The van der Waals surface area contributed by atoms with Crippen molar-refractivity contribution in [1.82, 2.24) is 4.90 Å². The van der Waals surface area contributed by atoms with E-state index in [1.807, 2.05) is 14.1 Å². The first-order valence-corrected chi connectivity index (χ1v) is 11.6. The first kappa shape index (κ1) is 26.4. The predicted octanol–water partition coefficient (Wildman–Crippen LogP) is 6.67. The number of nitrogens with zero attached hydrogens (tertiary/aromatic N) is 1. The maximum atomic E-state index is 11.5. The van der Waals surface area contributed by atoms with Crippen molar-refractivity contribution in [2.75, 3.05) is 27.2 Å². The average Bonchev–Trinajstić information content (AvgIpc) is 2.64. The standard InChI is InChI=1S/C23H47NO3/c1-4-5-6-7-8-9-10-11-12-13-14-15-16-19-22-26-27-23(25)20-17-18-21-24(2)3/h4-22H2,1-3H3. The molecule has 0 aromatic rings. The van der Waals surface area contributed by atoms with Gasteiger partial charge in [-0.1, -0.05) is 90.4 Å². The van der Waals surface area contributed by atoms with Gasteiger partial charge in [-0.2, -0.15) is 4.89 Å². The molecule has 0 rings (SSSR count). The summed E-state index contributed by atoms with van der Waals surface area (Å²) in [6.45, 7) is 3.81. The summed E-state index contributed by atoms with van der Waals surface area (Å²) in [7, 11) is 4.08. The van der Waals surface area contributed by atoms with Gasteiger partial charge in [0, 0.05) is 6.42 Å². The van der Waals surface area contributed by atoms with Gasteiger partial charge in [0.05, 0.1) is 6.61 Å². The van der Waals surface area contributed by atoms with Crippen molar-refractivity contribution in [1.29, 1.82) is 0 Å². The molecular formula is C23H47NO3. The first-order chi connectivity index (χ1) is 13.2. The van der Waals surface area contributed by atoms with E-state index >= 15 is 0 Å². The van der Waals surface area contributed by atoms with E-state index in [2.05, 4.69) is 11.8 Å². The monoisotopic (exact) mass is 385 g/mol. The fourth-order valence-electron chi connectivity index (χ4n) is 3.20.